The summed E-state index contributed by atoms with van der Waals surface area (Å²) in [6.07, 6.45) is 1.42. The summed E-state index contributed by atoms with van der Waals surface area (Å²) in [4.78, 5) is 4.35. The van der Waals surface area contributed by atoms with Crippen LogP contribution in [0.5, 0.6) is 0 Å². The molecule has 0 radical (unpaired) electrons. The fourth-order valence-corrected chi connectivity index (χ4v) is 1.20. The minimum absolute atomic E-state index is 0.0877. The molecule has 1 aromatic heterocycles. The van der Waals surface area contributed by atoms with Crippen LogP contribution in [0.3, 0.4) is 0 Å². The summed E-state index contributed by atoms with van der Waals surface area (Å²) in [5.74, 6) is 5.17. The van der Waals surface area contributed by atoms with Crippen LogP contribution in [0.4, 0.5) is 5.95 Å². The Morgan fingerprint density at radius 2 is 2.00 bits per heavy atom. The molecular formula is C9H9N5O. The lowest BCUT2D eigenvalue weighted by Gasteiger charge is -2.02. The summed E-state index contributed by atoms with van der Waals surface area (Å²) in [5.41, 5.74) is 3.35. The second-order valence-corrected chi connectivity index (χ2v) is 2.85. The van der Waals surface area contributed by atoms with Gasteiger partial charge in [0.05, 0.1) is 10.7 Å². The smallest absolute Gasteiger partial charge is 0.304 e. The fraction of sp³-hybridized carbons (Fsp3) is 0. The molecule has 0 aliphatic heterocycles. The molecule has 0 saturated heterocycles. The predicted octanol–water partition coefficient (Wildman–Crippen LogP) is 0.0626. The van der Waals surface area contributed by atoms with Gasteiger partial charge in [0.2, 0.25) is 0 Å². The topological polar surface area (TPSA) is 90.8 Å². The number of hydrazine groups is 1. The van der Waals surface area contributed by atoms with E-state index in [1.165, 1.54) is 6.20 Å². The zero-order chi connectivity index (χ0) is 10.7. The van der Waals surface area contributed by atoms with E-state index in [9.17, 15) is 5.21 Å². The number of nitrogens with two attached hydrogens (primary N) is 1. The Bertz CT molecular complexity index is 459. The van der Waals surface area contributed by atoms with Gasteiger partial charge in [-0.1, -0.05) is 18.2 Å². The first-order valence-electron chi connectivity index (χ1n) is 4.30. The molecule has 6 nitrogen and oxygen atoms in total. The van der Waals surface area contributed by atoms with Gasteiger partial charge in [-0.25, -0.2) is 10.8 Å². The molecule has 0 saturated carbocycles. The second kappa shape index (κ2) is 3.89. The maximum atomic E-state index is 11.5. The highest BCUT2D eigenvalue weighted by molar-refractivity contribution is 5.54. The van der Waals surface area contributed by atoms with Crippen molar-refractivity contribution < 1.29 is 4.85 Å². The quantitative estimate of drug-likeness (QED) is 0.312. The summed E-state index contributed by atoms with van der Waals surface area (Å²) in [5, 5.41) is 15.1. The molecule has 2 rings (SSSR count). The van der Waals surface area contributed by atoms with Crippen molar-refractivity contribution in [3.8, 4) is 11.3 Å². The summed E-state index contributed by atoms with van der Waals surface area (Å²) in [6, 6.07) is 9.16. The number of rotatable bonds is 2. The molecule has 1 aromatic carbocycles. The van der Waals surface area contributed by atoms with E-state index in [1.807, 2.05) is 30.3 Å². The standard InChI is InChI=1S/C9H9N5O/c10-12-9-11-6-8(14(15)13-9)7-4-2-1-3-5-7/h1-6H,10H2,(H,11,12,13). The molecule has 0 fully saturated rings. The molecule has 0 atom stereocenters. The number of anilines is 1. The fourth-order valence-electron chi connectivity index (χ4n) is 1.20. The molecule has 76 valence electrons. The largest absolute Gasteiger partial charge is 0.594 e. The molecule has 0 unspecified atom stereocenters. The summed E-state index contributed by atoms with van der Waals surface area (Å²) < 4.78 is 0. The minimum atomic E-state index is 0.0877. The van der Waals surface area contributed by atoms with Gasteiger partial charge in [0, 0.05) is 0 Å². The van der Waals surface area contributed by atoms with Gasteiger partial charge in [-0.3, -0.25) is 5.43 Å². The average molecular weight is 203 g/mol. The van der Waals surface area contributed by atoms with Gasteiger partial charge in [-0.15, -0.1) is 0 Å². The average Bonchev–Trinajstić information content (AvgIpc) is 2.30. The number of nitrogens with one attached hydrogen (secondary N) is 1. The highest BCUT2D eigenvalue weighted by Gasteiger charge is 2.11. The Kier molecular flexibility index (Phi) is 2.42. The van der Waals surface area contributed by atoms with E-state index in [-0.39, 0.29) is 5.95 Å². The molecule has 0 spiro atoms. The number of hydrogen-bond donors (Lipinski definition) is 2. The minimum Gasteiger partial charge on any atom is -0.594 e. The van der Waals surface area contributed by atoms with Crippen molar-refractivity contribution in [3.05, 3.63) is 41.7 Å². The van der Waals surface area contributed by atoms with Crippen molar-refractivity contribution in [2.45, 2.75) is 0 Å². The zero-order valence-corrected chi connectivity index (χ0v) is 7.79. The van der Waals surface area contributed by atoms with Crippen LogP contribution in [-0.2, 0) is 0 Å². The lowest BCUT2D eigenvalue weighted by molar-refractivity contribution is -0.657. The van der Waals surface area contributed by atoms with Crippen LogP contribution < -0.4 is 16.1 Å². The van der Waals surface area contributed by atoms with Gasteiger partial charge in [-0.2, -0.15) is 0 Å². The van der Waals surface area contributed by atoms with Crippen molar-refractivity contribution in [3.63, 3.8) is 0 Å². The van der Waals surface area contributed by atoms with Gasteiger partial charge < -0.3 is 5.21 Å². The van der Waals surface area contributed by atoms with Crippen LogP contribution in [0, 0.1) is 5.21 Å². The third kappa shape index (κ3) is 1.84. The molecule has 0 aliphatic rings. The first-order valence-corrected chi connectivity index (χ1v) is 4.30. The highest BCUT2D eigenvalue weighted by Crippen LogP contribution is 2.12. The third-order valence-corrected chi connectivity index (χ3v) is 1.90. The van der Waals surface area contributed by atoms with Gasteiger partial charge in [0.15, 0.2) is 0 Å². The molecule has 6 heteroatoms. The van der Waals surface area contributed by atoms with Crippen LogP contribution in [-0.4, -0.2) is 10.1 Å². The van der Waals surface area contributed by atoms with Gasteiger partial charge >= 0.3 is 5.95 Å². The lowest BCUT2D eigenvalue weighted by Crippen LogP contribution is -2.35. The van der Waals surface area contributed by atoms with Crippen LogP contribution in [0.15, 0.2) is 36.5 Å². The van der Waals surface area contributed by atoms with Crippen LogP contribution in [0.2, 0.25) is 0 Å². The molecule has 15 heavy (non-hydrogen) atoms. The number of nitrogen functional groups attached to an aromatic ring is 1. The monoisotopic (exact) mass is 203 g/mol. The zero-order valence-electron chi connectivity index (χ0n) is 7.79. The molecule has 0 aliphatic carbocycles. The second-order valence-electron chi connectivity index (χ2n) is 2.85. The first kappa shape index (κ1) is 9.35. The first-order chi connectivity index (χ1) is 7.31. The Labute approximate surface area is 85.9 Å². The van der Waals surface area contributed by atoms with E-state index in [2.05, 4.69) is 15.5 Å². The number of aromatic nitrogens is 3. The van der Waals surface area contributed by atoms with Gasteiger partial charge in [-0.05, 0) is 17.0 Å². The Morgan fingerprint density at radius 3 is 2.60 bits per heavy atom. The SMILES string of the molecule is NNc1ncc(-c2ccccc2)[n+]([O-])n1. The number of benzene rings is 1. The van der Waals surface area contributed by atoms with Crippen LogP contribution >= 0.6 is 0 Å². The number of nitrogens with zero attached hydrogens (tertiary/aromatic N) is 3. The van der Waals surface area contributed by atoms with E-state index < -0.39 is 0 Å². The van der Waals surface area contributed by atoms with Crippen molar-refractivity contribution in [2.24, 2.45) is 5.84 Å². The highest BCUT2D eigenvalue weighted by atomic mass is 16.5. The molecule has 0 bridgehead atoms. The molecular weight excluding hydrogens is 194 g/mol. The maximum absolute atomic E-state index is 11.5. The van der Waals surface area contributed by atoms with E-state index in [0.717, 1.165) is 5.56 Å². The van der Waals surface area contributed by atoms with Crippen LogP contribution in [0.25, 0.3) is 11.3 Å². The van der Waals surface area contributed by atoms with Gasteiger partial charge in [0.1, 0.15) is 6.20 Å². The Balaban J connectivity index is 2.46. The Hall–Kier alpha value is -2.21. The van der Waals surface area contributed by atoms with Crippen molar-refractivity contribution in [1.29, 1.82) is 0 Å². The third-order valence-electron chi connectivity index (χ3n) is 1.90. The van der Waals surface area contributed by atoms with Crippen molar-refractivity contribution >= 4 is 5.95 Å². The molecule has 0 amide bonds. The predicted molar refractivity (Wildman–Crippen MR) is 54.2 cm³/mol. The number of hydrogen-bond acceptors (Lipinski definition) is 5. The van der Waals surface area contributed by atoms with Crippen molar-refractivity contribution in [2.75, 3.05) is 5.43 Å². The van der Waals surface area contributed by atoms with Gasteiger partial charge in [0.25, 0.3) is 5.69 Å². The summed E-state index contributed by atoms with van der Waals surface area (Å²) in [7, 11) is 0. The lowest BCUT2D eigenvalue weighted by atomic mass is 10.2. The Morgan fingerprint density at radius 1 is 1.27 bits per heavy atom. The maximum Gasteiger partial charge on any atom is 0.304 e. The van der Waals surface area contributed by atoms with E-state index in [1.54, 1.807) is 0 Å². The summed E-state index contributed by atoms with van der Waals surface area (Å²) in [6.45, 7) is 0. The van der Waals surface area contributed by atoms with Crippen LogP contribution in [0.1, 0.15) is 0 Å². The molecule has 2 aromatic rings. The van der Waals surface area contributed by atoms with E-state index >= 15 is 0 Å². The normalized spacial score (nSPS) is 9.93. The van der Waals surface area contributed by atoms with Crippen molar-refractivity contribution in [1.82, 2.24) is 10.1 Å². The molecule has 3 N–H and O–H groups in total. The summed E-state index contributed by atoms with van der Waals surface area (Å²) >= 11 is 0. The van der Waals surface area contributed by atoms with E-state index in [0.29, 0.717) is 10.5 Å². The molecule has 1 heterocycles. The van der Waals surface area contributed by atoms with E-state index in [4.69, 9.17) is 5.84 Å².